The summed E-state index contributed by atoms with van der Waals surface area (Å²) in [6, 6.07) is 12.1. The summed E-state index contributed by atoms with van der Waals surface area (Å²) < 4.78 is 32.3. The highest BCUT2D eigenvalue weighted by Gasteiger charge is 2.28. The molecular weight excluding hydrogens is 444 g/mol. The van der Waals surface area contributed by atoms with Gasteiger partial charge in [0.2, 0.25) is 15.9 Å². The zero-order chi connectivity index (χ0) is 23.6. The zero-order valence-electron chi connectivity index (χ0n) is 18.5. The number of carbonyl (C=O) groups is 1. The third-order valence-electron chi connectivity index (χ3n) is 5.41. The number of carbonyl (C=O) groups excluding carboxylic acids is 1. The highest BCUT2D eigenvalue weighted by Crippen LogP contribution is 2.24. The molecule has 33 heavy (non-hydrogen) atoms. The van der Waals surface area contributed by atoms with E-state index in [1.165, 1.54) is 10.4 Å². The van der Waals surface area contributed by atoms with Gasteiger partial charge in [0.15, 0.2) is 5.58 Å². The number of amides is 1. The molecule has 0 spiro atoms. The van der Waals surface area contributed by atoms with Gasteiger partial charge in [-0.15, -0.1) is 0 Å². The van der Waals surface area contributed by atoms with Crippen LogP contribution in [0, 0.1) is 0 Å². The fraction of sp³-hybridized carbons (Fsp3) is 0.304. The molecule has 1 aliphatic heterocycles. The summed E-state index contributed by atoms with van der Waals surface area (Å²) in [4.78, 5) is 26.5. The Kier molecular flexibility index (Phi) is 6.39. The third kappa shape index (κ3) is 5.18. The van der Waals surface area contributed by atoms with Crippen LogP contribution >= 0.6 is 0 Å². The first-order chi connectivity index (χ1) is 15.7. The van der Waals surface area contributed by atoms with Crippen molar-refractivity contribution in [3.63, 3.8) is 0 Å². The van der Waals surface area contributed by atoms with Crippen molar-refractivity contribution in [3.8, 4) is 0 Å². The van der Waals surface area contributed by atoms with Crippen molar-refractivity contribution in [1.82, 2.24) is 9.47 Å². The van der Waals surface area contributed by atoms with Crippen molar-refractivity contribution in [2.45, 2.75) is 13.0 Å². The van der Waals surface area contributed by atoms with Gasteiger partial charge in [-0.25, -0.2) is 13.2 Å². The van der Waals surface area contributed by atoms with E-state index >= 15 is 0 Å². The fourth-order valence-electron chi connectivity index (χ4n) is 3.69. The third-order valence-corrected chi connectivity index (χ3v) is 7.28. The molecule has 174 valence electrons. The van der Waals surface area contributed by atoms with Gasteiger partial charge in [0.25, 0.3) is 0 Å². The number of sulfonamides is 1. The van der Waals surface area contributed by atoms with Crippen molar-refractivity contribution in [3.05, 3.63) is 64.7 Å². The molecule has 1 amide bonds. The number of oxazole rings is 1. The van der Waals surface area contributed by atoms with Gasteiger partial charge >= 0.3 is 5.76 Å². The normalized spacial score (nSPS) is 15.7. The van der Waals surface area contributed by atoms with E-state index in [0.717, 1.165) is 5.56 Å². The number of aromatic nitrogens is 1. The Morgan fingerprint density at radius 2 is 1.94 bits per heavy atom. The average Bonchev–Trinajstić information content (AvgIpc) is 3.28. The first-order valence-electron chi connectivity index (χ1n) is 10.6. The van der Waals surface area contributed by atoms with Crippen molar-refractivity contribution < 1.29 is 17.6 Å². The topological polar surface area (TPSA) is 105 Å². The number of anilines is 2. The number of likely N-dealkylation sites (N-methyl/N-ethyl adjacent to an activating group) is 1. The quantitative estimate of drug-likeness (QED) is 0.532. The largest absolute Gasteiger partial charge is 0.419 e. The second-order valence-electron chi connectivity index (χ2n) is 8.16. The molecule has 2 heterocycles. The maximum Gasteiger partial charge on any atom is 0.419 e. The number of nitrogens with zero attached hydrogens (tertiary/aromatic N) is 3. The molecular formula is C23H26N4O5S. The number of rotatable bonds is 7. The molecule has 3 aromatic rings. The van der Waals surface area contributed by atoms with Crippen LogP contribution in [0.15, 0.2) is 57.8 Å². The Balaban J connectivity index is 1.44. The molecule has 1 N–H and O–H groups in total. The molecule has 4 rings (SSSR count). The van der Waals surface area contributed by atoms with E-state index in [-0.39, 0.29) is 11.7 Å². The first-order valence-corrected chi connectivity index (χ1v) is 12.2. The Morgan fingerprint density at radius 3 is 2.61 bits per heavy atom. The first kappa shape index (κ1) is 22.8. The number of hydrogen-bond donors (Lipinski definition) is 1. The molecule has 1 saturated heterocycles. The number of hydrogen-bond acceptors (Lipinski definition) is 6. The van der Waals surface area contributed by atoms with E-state index in [9.17, 15) is 18.0 Å². The molecule has 0 aliphatic carbocycles. The number of nitrogens with one attached hydrogen (secondary N) is 1. The summed E-state index contributed by atoms with van der Waals surface area (Å²) in [6.07, 6.45) is 3.68. The standard InChI is InChI=1S/C23H26N4O5S/c1-25(2)13-14-26-20-16-18(7-10-21(20)32-23(26)29)24-22(28)11-6-17-4-8-19(9-5-17)27-12-3-15-33(27,30)31/h4-11,16H,3,12-15H2,1-2H3,(H,24,28)/b11-6+. The van der Waals surface area contributed by atoms with Gasteiger partial charge in [-0.2, -0.15) is 0 Å². The molecule has 1 fully saturated rings. The molecule has 0 atom stereocenters. The highest BCUT2D eigenvalue weighted by atomic mass is 32.2. The minimum absolute atomic E-state index is 0.172. The second-order valence-corrected chi connectivity index (χ2v) is 10.2. The molecule has 0 unspecified atom stereocenters. The van der Waals surface area contributed by atoms with Crippen molar-refractivity contribution in [2.75, 3.05) is 42.6 Å². The Bertz CT molecular complexity index is 1350. The minimum Gasteiger partial charge on any atom is -0.408 e. The molecule has 0 saturated carbocycles. The monoisotopic (exact) mass is 470 g/mol. The van der Waals surface area contributed by atoms with Gasteiger partial charge in [-0.05, 0) is 62.5 Å². The molecule has 2 aromatic carbocycles. The molecule has 0 radical (unpaired) electrons. The lowest BCUT2D eigenvalue weighted by Gasteiger charge is -2.16. The van der Waals surface area contributed by atoms with E-state index in [2.05, 4.69) is 5.32 Å². The Hall–Kier alpha value is -3.37. The lowest BCUT2D eigenvalue weighted by atomic mass is 10.2. The molecule has 0 bridgehead atoms. The molecule has 1 aromatic heterocycles. The maximum atomic E-state index is 12.4. The summed E-state index contributed by atoms with van der Waals surface area (Å²) >= 11 is 0. The summed E-state index contributed by atoms with van der Waals surface area (Å²) in [5.41, 5.74) is 3.03. The van der Waals surface area contributed by atoms with Gasteiger partial charge in [0, 0.05) is 31.4 Å². The van der Waals surface area contributed by atoms with Crippen LogP contribution in [0.5, 0.6) is 0 Å². The van der Waals surface area contributed by atoms with Crippen molar-refractivity contribution in [2.24, 2.45) is 0 Å². The predicted octanol–water partition coefficient (Wildman–Crippen LogP) is 2.35. The number of benzene rings is 2. The van der Waals surface area contributed by atoms with Crippen LogP contribution in [0.25, 0.3) is 17.2 Å². The van der Waals surface area contributed by atoms with Crippen LogP contribution in [0.3, 0.4) is 0 Å². The van der Waals surface area contributed by atoms with Gasteiger partial charge in [0.05, 0.1) is 17.0 Å². The average molecular weight is 471 g/mol. The Morgan fingerprint density at radius 1 is 1.18 bits per heavy atom. The number of fused-ring (bicyclic) bond motifs is 1. The highest BCUT2D eigenvalue weighted by molar-refractivity contribution is 7.93. The van der Waals surface area contributed by atoms with Crippen molar-refractivity contribution >= 4 is 44.5 Å². The van der Waals surface area contributed by atoms with Gasteiger partial charge < -0.3 is 14.6 Å². The van der Waals surface area contributed by atoms with Crippen LogP contribution < -0.4 is 15.4 Å². The van der Waals surface area contributed by atoms with Gasteiger partial charge in [-0.1, -0.05) is 12.1 Å². The Labute approximate surface area is 192 Å². The summed E-state index contributed by atoms with van der Waals surface area (Å²) in [5, 5.41) is 2.79. The summed E-state index contributed by atoms with van der Waals surface area (Å²) in [5.74, 6) is -0.586. The minimum atomic E-state index is -3.22. The van der Waals surface area contributed by atoms with Gasteiger partial charge in [0.1, 0.15) is 0 Å². The molecule has 1 aliphatic rings. The van der Waals surface area contributed by atoms with Crippen molar-refractivity contribution in [1.29, 1.82) is 0 Å². The van der Waals surface area contributed by atoms with E-state index in [1.54, 1.807) is 53.1 Å². The molecule has 9 nitrogen and oxygen atoms in total. The van der Waals surface area contributed by atoms with E-state index in [0.29, 0.717) is 48.5 Å². The summed E-state index contributed by atoms with van der Waals surface area (Å²) in [6.45, 7) is 1.64. The smallest absolute Gasteiger partial charge is 0.408 e. The predicted molar refractivity (Wildman–Crippen MR) is 129 cm³/mol. The van der Waals surface area contributed by atoms with Crippen LogP contribution in [-0.2, 0) is 21.4 Å². The van der Waals surface area contributed by atoms with Crippen LogP contribution in [0.1, 0.15) is 12.0 Å². The van der Waals surface area contributed by atoms with Crippen LogP contribution in [0.4, 0.5) is 11.4 Å². The van der Waals surface area contributed by atoms with E-state index in [4.69, 9.17) is 4.42 Å². The SMILES string of the molecule is CN(C)CCn1c(=O)oc2ccc(NC(=O)/C=C/c3ccc(N4CCCS4(=O)=O)cc3)cc21. The molecule has 10 heteroatoms. The zero-order valence-corrected chi connectivity index (χ0v) is 19.3. The maximum absolute atomic E-state index is 12.4. The van der Waals surface area contributed by atoms with Crippen LogP contribution in [-0.4, -0.2) is 56.7 Å². The lowest BCUT2D eigenvalue weighted by molar-refractivity contribution is -0.111. The lowest BCUT2D eigenvalue weighted by Crippen LogP contribution is -2.24. The van der Waals surface area contributed by atoms with Crippen LogP contribution in [0.2, 0.25) is 0 Å². The second kappa shape index (κ2) is 9.24. The summed E-state index contributed by atoms with van der Waals surface area (Å²) in [7, 11) is 0.630. The fourth-order valence-corrected chi connectivity index (χ4v) is 5.25. The van der Waals surface area contributed by atoms with Gasteiger partial charge in [-0.3, -0.25) is 13.7 Å². The van der Waals surface area contributed by atoms with E-state index < -0.39 is 15.8 Å². The van der Waals surface area contributed by atoms with E-state index in [1.807, 2.05) is 19.0 Å².